The zero-order valence-electron chi connectivity index (χ0n) is 16.7. The number of anilines is 1. The molecular weight excluding hydrogens is 406 g/mol. The second kappa shape index (κ2) is 7.81. The molecule has 9 heteroatoms. The number of hydrogen-bond acceptors (Lipinski definition) is 6. The Hall–Kier alpha value is -3.36. The van der Waals surface area contributed by atoms with Crippen LogP contribution in [0.4, 0.5) is 5.82 Å². The van der Waals surface area contributed by atoms with Gasteiger partial charge in [0.2, 0.25) is 0 Å². The highest BCUT2D eigenvalue weighted by Gasteiger charge is 2.19. The molecule has 2 heterocycles. The van der Waals surface area contributed by atoms with E-state index in [9.17, 15) is 4.79 Å². The summed E-state index contributed by atoms with van der Waals surface area (Å²) in [6, 6.07) is 10.6. The van der Waals surface area contributed by atoms with Gasteiger partial charge in [-0.3, -0.25) is 14.3 Å². The van der Waals surface area contributed by atoms with Crippen molar-refractivity contribution in [3.8, 4) is 5.75 Å². The summed E-state index contributed by atoms with van der Waals surface area (Å²) in [4.78, 5) is 22.9. The van der Waals surface area contributed by atoms with E-state index in [1.165, 1.54) is 12.2 Å². The number of hydroxylamine groups is 2. The minimum atomic E-state index is -0.291. The number of nitrogens with two attached hydrogens (primary N) is 1. The molecule has 0 aliphatic carbocycles. The Morgan fingerprint density at radius 3 is 2.73 bits per heavy atom. The first-order valence-corrected chi connectivity index (χ1v) is 9.50. The van der Waals surface area contributed by atoms with Crippen molar-refractivity contribution in [1.29, 1.82) is 0 Å². The van der Waals surface area contributed by atoms with Gasteiger partial charge >= 0.3 is 0 Å². The molecule has 0 saturated heterocycles. The van der Waals surface area contributed by atoms with E-state index in [1.54, 1.807) is 48.3 Å². The number of fused-ring (bicyclic) bond motifs is 3. The van der Waals surface area contributed by atoms with E-state index in [-0.39, 0.29) is 12.5 Å². The van der Waals surface area contributed by atoms with Crippen LogP contribution in [-0.4, -0.2) is 40.0 Å². The number of methoxy groups -OCH3 is 1. The predicted molar refractivity (Wildman–Crippen MR) is 115 cm³/mol. The third-order valence-corrected chi connectivity index (χ3v) is 5.26. The van der Waals surface area contributed by atoms with Crippen molar-refractivity contribution in [2.45, 2.75) is 6.54 Å². The topological polar surface area (TPSA) is 95.5 Å². The minimum Gasteiger partial charge on any atom is -0.495 e. The van der Waals surface area contributed by atoms with Crippen LogP contribution in [0.1, 0.15) is 15.9 Å². The number of aryl methyl sites for hydroxylation is 1. The van der Waals surface area contributed by atoms with Gasteiger partial charge in [0, 0.05) is 18.0 Å². The summed E-state index contributed by atoms with van der Waals surface area (Å²) in [6.07, 6.45) is 1.67. The Labute approximate surface area is 177 Å². The zero-order chi connectivity index (χ0) is 21.4. The third-order valence-electron chi connectivity index (χ3n) is 4.94. The lowest BCUT2D eigenvalue weighted by molar-refractivity contribution is -0.102. The molecule has 4 aromatic rings. The number of halogens is 1. The van der Waals surface area contributed by atoms with Gasteiger partial charge in [-0.15, -0.1) is 0 Å². The Bertz CT molecular complexity index is 1270. The van der Waals surface area contributed by atoms with Gasteiger partial charge in [-0.05, 0) is 35.9 Å². The van der Waals surface area contributed by atoms with Gasteiger partial charge in [-0.2, -0.15) is 5.10 Å². The summed E-state index contributed by atoms with van der Waals surface area (Å²) in [6.45, 7) is 0.224. The number of ether oxygens (including phenoxy) is 1. The summed E-state index contributed by atoms with van der Waals surface area (Å²) in [5, 5.41) is 7.57. The summed E-state index contributed by atoms with van der Waals surface area (Å²) >= 11 is 6.08. The molecule has 0 fully saturated rings. The molecule has 2 aromatic carbocycles. The highest BCUT2D eigenvalue weighted by Crippen LogP contribution is 2.29. The van der Waals surface area contributed by atoms with Crippen LogP contribution in [0, 0.1) is 0 Å². The number of carbonyl (C=O) groups excluding carboxylic acids is 1. The van der Waals surface area contributed by atoms with Crippen molar-refractivity contribution in [2.24, 2.45) is 7.05 Å². The summed E-state index contributed by atoms with van der Waals surface area (Å²) in [5.41, 5.74) is 8.82. The zero-order valence-corrected chi connectivity index (χ0v) is 17.5. The minimum absolute atomic E-state index is 0.224. The highest BCUT2D eigenvalue weighted by molar-refractivity contribution is 6.32. The van der Waals surface area contributed by atoms with Crippen molar-refractivity contribution >= 4 is 45.1 Å². The Balaban J connectivity index is 1.71. The van der Waals surface area contributed by atoms with Gasteiger partial charge in [0.05, 0.1) is 48.4 Å². The van der Waals surface area contributed by atoms with Crippen LogP contribution in [0.15, 0.2) is 42.6 Å². The molecule has 0 aliphatic heterocycles. The van der Waals surface area contributed by atoms with Gasteiger partial charge < -0.3 is 10.5 Å². The summed E-state index contributed by atoms with van der Waals surface area (Å²) in [7, 11) is 4.82. The molecule has 0 saturated carbocycles. The molecule has 4 rings (SSSR count). The molecule has 8 nitrogen and oxygen atoms in total. The lowest BCUT2D eigenvalue weighted by Crippen LogP contribution is -2.29. The van der Waals surface area contributed by atoms with Crippen LogP contribution in [-0.2, 0) is 18.4 Å². The molecule has 2 aromatic heterocycles. The number of hydrogen-bond donors (Lipinski definition) is 1. The van der Waals surface area contributed by atoms with Gasteiger partial charge in [0.15, 0.2) is 0 Å². The first-order chi connectivity index (χ1) is 14.4. The van der Waals surface area contributed by atoms with Gasteiger partial charge in [-0.1, -0.05) is 17.7 Å². The first-order valence-electron chi connectivity index (χ1n) is 9.12. The Morgan fingerprint density at radius 1 is 1.20 bits per heavy atom. The normalized spacial score (nSPS) is 11.2. The summed E-state index contributed by atoms with van der Waals surface area (Å²) in [5.74, 6) is 0.644. The second-order valence-corrected chi connectivity index (χ2v) is 7.16. The van der Waals surface area contributed by atoms with Crippen LogP contribution in [0.2, 0.25) is 5.02 Å². The SMILES string of the molecule is COc1cc(CN(OC)C(=O)c2ccc3nc(N)c4cnn(C)c4c3c2)ccc1Cl. The molecular formula is C21H20ClN5O3. The molecule has 0 radical (unpaired) electrons. The fraction of sp³-hybridized carbons (Fsp3) is 0.190. The van der Waals surface area contributed by atoms with E-state index in [2.05, 4.69) is 10.1 Å². The molecule has 1 amide bonds. The van der Waals surface area contributed by atoms with Crippen molar-refractivity contribution in [3.05, 3.63) is 58.7 Å². The monoisotopic (exact) mass is 425 g/mol. The van der Waals surface area contributed by atoms with E-state index < -0.39 is 0 Å². The number of nitrogens with zero attached hydrogens (tertiary/aromatic N) is 4. The number of rotatable bonds is 5. The quantitative estimate of drug-likeness (QED) is 0.491. The first kappa shape index (κ1) is 19.9. The Morgan fingerprint density at radius 2 is 2.00 bits per heavy atom. The standard InChI is InChI=1S/C21H20ClN5O3/c1-26-19-14-9-13(5-7-17(14)25-20(23)15(19)10-24-26)21(28)27(30-3)11-12-4-6-16(22)18(8-12)29-2/h4-10H,11H2,1-3H3,(H2,23,25). The fourth-order valence-corrected chi connectivity index (χ4v) is 3.62. The van der Waals surface area contributed by atoms with E-state index in [0.29, 0.717) is 27.7 Å². The van der Waals surface area contributed by atoms with E-state index >= 15 is 0 Å². The average molecular weight is 426 g/mol. The largest absolute Gasteiger partial charge is 0.495 e. The average Bonchev–Trinajstić information content (AvgIpc) is 3.15. The molecule has 0 spiro atoms. The maximum absolute atomic E-state index is 13.1. The molecule has 0 unspecified atom stereocenters. The number of nitrogen functional groups attached to an aromatic ring is 1. The number of carbonyl (C=O) groups is 1. The molecule has 30 heavy (non-hydrogen) atoms. The molecule has 0 atom stereocenters. The van der Waals surface area contributed by atoms with E-state index in [0.717, 1.165) is 21.9 Å². The van der Waals surface area contributed by atoms with Gasteiger partial charge in [0.1, 0.15) is 11.6 Å². The van der Waals surface area contributed by atoms with Crippen LogP contribution in [0.3, 0.4) is 0 Å². The number of amides is 1. The molecule has 0 aliphatic rings. The number of aromatic nitrogens is 3. The van der Waals surface area contributed by atoms with Crippen LogP contribution in [0.5, 0.6) is 5.75 Å². The molecule has 154 valence electrons. The number of benzene rings is 2. The van der Waals surface area contributed by atoms with Crippen LogP contribution < -0.4 is 10.5 Å². The van der Waals surface area contributed by atoms with Crippen molar-refractivity contribution < 1.29 is 14.4 Å². The van der Waals surface area contributed by atoms with Crippen LogP contribution in [0.25, 0.3) is 21.8 Å². The molecule has 0 bridgehead atoms. The fourth-order valence-electron chi connectivity index (χ4n) is 3.42. The van der Waals surface area contributed by atoms with E-state index in [4.69, 9.17) is 26.9 Å². The van der Waals surface area contributed by atoms with Crippen molar-refractivity contribution in [1.82, 2.24) is 19.8 Å². The van der Waals surface area contributed by atoms with Crippen molar-refractivity contribution in [3.63, 3.8) is 0 Å². The number of pyridine rings is 1. The van der Waals surface area contributed by atoms with Gasteiger partial charge in [0.25, 0.3) is 5.91 Å². The van der Waals surface area contributed by atoms with Gasteiger partial charge in [-0.25, -0.2) is 10.0 Å². The smallest absolute Gasteiger partial charge is 0.277 e. The molecule has 2 N–H and O–H groups in total. The third kappa shape index (κ3) is 3.40. The lowest BCUT2D eigenvalue weighted by atomic mass is 10.1. The maximum Gasteiger partial charge on any atom is 0.277 e. The second-order valence-electron chi connectivity index (χ2n) is 6.75. The summed E-state index contributed by atoms with van der Waals surface area (Å²) < 4.78 is 6.97. The predicted octanol–water partition coefficient (Wildman–Crippen LogP) is 3.57. The van der Waals surface area contributed by atoms with Crippen molar-refractivity contribution in [2.75, 3.05) is 20.0 Å². The highest BCUT2D eigenvalue weighted by atomic mass is 35.5. The van der Waals surface area contributed by atoms with E-state index in [1.807, 2.05) is 13.1 Å². The maximum atomic E-state index is 13.1. The lowest BCUT2D eigenvalue weighted by Gasteiger charge is -2.20. The Kier molecular flexibility index (Phi) is 5.19. The van der Waals surface area contributed by atoms with Crippen LogP contribution >= 0.6 is 11.6 Å².